The van der Waals surface area contributed by atoms with Gasteiger partial charge < -0.3 is 14.9 Å². The summed E-state index contributed by atoms with van der Waals surface area (Å²) in [5.74, 6) is 2.83. The number of hydrogen-bond acceptors (Lipinski definition) is 3. The van der Waals surface area contributed by atoms with Gasteiger partial charge in [-0.05, 0) is 118 Å². The Labute approximate surface area is 221 Å². The van der Waals surface area contributed by atoms with E-state index in [1.54, 1.807) is 11.6 Å². The molecule has 0 bridgehead atoms. The van der Waals surface area contributed by atoms with E-state index in [-0.39, 0.29) is 6.42 Å². The van der Waals surface area contributed by atoms with E-state index in [9.17, 15) is 9.90 Å². The van der Waals surface area contributed by atoms with Crippen LogP contribution in [0.1, 0.15) is 118 Å². The summed E-state index contributed by atoms with van der Waals surface area (Å²) in [5, 5.41) is 18.7. The quantitative estimate of drug-likeness (QED) is 0.314. The molecule has 0 spiro atoms. The van der Waals surface area contributed by atoms with Crippen LogP contribution in [0.25, 0.3) is 0 Å². The van der Waals surface area contributed by atoms with Gasteiger partial charge in [0.25, 0.3) is 0 Å². The normalized spacial score (nSPS) is 40.0. The zero-order valence-corrected chi connectivity index (χ0v) is 23.9. The number of methoxy groups -OCH3 is 1. The Kier molecular flexibility index (Phi) is 9.94. The Morgan fingerprint density at radius 1 is 1.19 bits per heavy atom. The summed E-state index contributed by atoms with van der Waals surface area (Å²) in [6.45, 7) is 12.9. The van der Waals surface area contributed by atoms with Crippen LogP contribution in [0.4, 0.5) is 0 Å². The van der Waals surface area contributed by atoms with Crippen molar-refractivity contribution >= 4 is 5.97 Å². The summed E-state index contributed by atoms with van der Waals surface area (Å²) in [6, 6.07) is 0. The molecule has 7 unspecified atom stereocenters. The standard InChI is InChI=1S/C27H46O2.C5H8O2/c1-6-21(29-5)9-7-8-19-11-13-23-22-12-10-20-18-25(2,28)16-17-27(20,4)24(22)14-15-26(19,23)3;1-2-3-4-5(6)7/h10,19,21-24,28H,6-9,11-18H2,1-5H3;2H,1,3-4H2,(H,6,7)/t19?,21?,22?,23?,24?,25-,26?,27?;/m0./s1. The average Bonchev–Trinajstić information content (AvgIpc) is 3.17. The van der Waals surface area contributed by atoms with Crippen LogP contribution in [-0.4, -0.2) is 35.0 Å². The number of fused-ring (bicyclic) bond motifs is 5. The van der Waals surface area contributed by atoms with E-state index >= 15 is 0 Å². The van der Waals surface area contributed by atoms with Crippen molar-refractivity contribution in [2.45, 2.75) is 129 Å². The maximum Gasteiger partial charge on any atom is 0.303 e. The molecule has 3 fully saturated rings. The van der Waals surface area contributed by atoms with Crippen LogP contribution in [0.3, 0.4) is 0 Å². The van der Waals surface area contributed by atoms with E-state index < -0.39 is 11.6 Å². The highest BCUT2D eigenvalue weighted by atomic mass is 16.5. The predicted octanol–water partition coefficient (Wildman–Crippen LogP) is 7.95. The lowest BCUT2D eigenvalue weighted by Gasteiger charge is -2.59. The molecule has 0 aromatic carbocycles. The highest BCUT2D eigenvalue weighted by Gasteiger charge is 2.58. The Hall–Kier alpha value is -1.13. The van der Waals surface area contributed by atoms with Gasteiger partial charge in [0.1, 0.15) is 0 Å². The lowest BCUT2D eigenvalue weighted by Crippen LogP contribution is -2.51. The summed E-state index contributed by atoms with van der Waals surface area (Å²) < 4.78 is 5.62. The first-order valence-corrected chi connectivity index (χ1v) is 14.8. The van der Waals surface area contributed by atoms with Gasteiger partial charge in [0, 0.05) is 13.5 Å². The van der Waals surface area contributed by atoms with Gasteiger partial charge in [-0.3, -0.25) is 4.79 Å². The molecular weight excluding hydrogens is 448 g/mol. The van der Waals surface area contributed by atoms with Crippen molar-refractivity contribution in [3.63, 3.8) is 0 Å². The lowest BCUT2D eigenvalue weighted by molar-refractivity contribution is -0.136. The van der Waals surface area contributed by atoms with E-state index in [0.717, 1.165) is 42.9 Å². The average molecular weight is 503 g/mol. The monoisotopic (exact) mass is 502 g/mol. The molecule has 4 heteroatoms. The second kappa shape index (κ2) is 12.2. The van der Waals surface area contributed by atoms with Crippen molar-refractivity contribution in [1.82, 2.24) is 0 Å². The molecular formula is C32H54O4. The Morgan fingerprint density at radius 2 is 1.94 bits per heavy atom. The summed E-state index contributed by atoms with van der Waals surface area (Å²) in [4.78, 5) is 9.71. The number of rotatable bonds is 9. The minimum absolute atomic E-state index is 0.198. The third-order valence-electron chi connectivity index (χ3n) is 11.0. The molecule has 8 atom stereocenters. The molecule has 4 aliphatic rings. The second-order valence-corrected chi connectivity index (χ2v) is 13.2. The van der Waals surface area contributed by atoms with E-state index in [4.69, 9.17) is 9.84 Å². The number of aliphatic carboxylic acids is 1. The van der Waals surface area contributed by atoms with Crippen molar-refractivity contribution < 1.29 is 19.7 Å². The summed E-state index contributed by atoms with van der Waals surface area (Å²) in [5.41, 5.74) is 2.05. The molecule has 0 aliphatic heterocycles. The van der Waals surface area contributed by atoms with Crippen LogP contribution in [0.5, 0.6) is 0 Å². The Bertz CT molecular complexity index is 781. The molecule has 36 heavy (non-hydrogen) atoms. The van der Waals surface area contributed by atoms with Crippen molar-refractivity contribution in [2.75, 3.05) is 7.11 Å². The number of ether oxygens (including phenoxy) is 1. The number of allylic oxidation sites excluding steroid dienone is 2. The van der Waals surface area contributed by atoms with Crippen molar-refractivity contribution in [1.29, 1.82) is 0 Å². The number of carboxylic acid groups (broad SMARTS) is 1. The molecule has 0 saturated heterocycles. The largest absolute Gasteiger partial charge is 0.481 e. The zero-order chi connectivity index (χ0) is 26.6. The molecule has 4 rings (SSSR count). The van der Waals surface area contributed by atoms with E-state index in [1.807, 2.05) is 14.0 Å². The highest BCUT2D eigenvalue weighted by Crippen LogP contribution is 2.67. The van der Waals surface area contributed by atoms with Crippen LogP contribution >= 0.6 is 0 Å². The van der Waals surface area contributed by atoms with Gasteiger partial charge in [-0.1, -0.05) is 44.9 Å². The third-order valence-corrected chi connectivity index (χ3v) is 11.0. The van der Waals surface area contributed by atoms with E-state index in [1.165, 1.54) is 57.8 Å². The topological polar surface area (TPSA) is 66.8 Å². The smallest absolute Gasteiger partial charge is 0.303 e. The van der Waals surface area contributed by atoms with Gasteiger partial charge in [-0.25, -0.2) is 0 Å². The van der Waals surface area contributed by atoms with Gasteiger partial charge in [-0.15, -0.1) is 6.58 Å². The molecule has 2 N–H and O–H groups in total. The molecule has 3 saturated carbocycles. The van der Waals surface area contributed by atoms with Crippen LogP contribution in [-0.2, 0) is 9.53 Å². The van der Waals surface area contributed by atoms with Gasteiger partial charge >= 0.3 is 5.97 Å². The van der Waals surface area contributed by atoms with Crippen LogP contribution in [0.15, 0.2) is 24.3 Å². The van der Waals surface area contributed by atoms with Gasteiger partial charge in [-0.2, -0.15) is 0 Å². The van der Waals surface area contributed by atoms with Gasteiger partial charge in [0.15, 0.2) is 0 Å². The minimum atomic E-state index is -0.764. The second-order valence-electron chi connectivity index (χ2n) is 13.2. The summed E-state index contributed by atoms with van der Waals surface area (Å²) >= 11 is 0. The number of hydrogen-bond donors (Lipinski definition) is 2. The first kappa shape index (κ1) is 29.4. The third kappa shape index (κ3) is 6.29. The lowest BCUT2D eigenvalue weighted by atomic mass is 9.46. The highest BCUT2D eigenvalue weighted by molar-refractivity contribution is 5.66. The zero-order valence-electron chi connectivity index (χ0n) is 23.9. The summed E-state index contributed by atoms with van der Waals surface area (Å²) in [7, 11) is 1.87. The van der Waals surface area contributed by atoms with Gasteiger partial charge in [0.05, 0.1) is 11.7 Å². The maximum atomic E-state index is 10.7. The Balaban J connectivity index is 0.000000454. The fourth-order valence-electron chi connectivity index (χ4n) is 8.69. The molecule has 0 aromatic heterocycles. The molecule has 4 aliphatic carbocycles. The first-order chi connectivity index (χ1) is 17.0. The minimum Gasteiger partial charge on any atom is -0.481 e. The van der Waals surface area contributed by atoms with E-state index in [2.05, 4.69) is 33.4 Å². The SMILES string of the molecule is C=CCCC(=O)O.CCC(CCCC1CCC2C3CC=C4C[C@@](C)(O)CCC4(C)C3CCC12C)OC. The van der Waals surface area contributed by atoms with Crippen molar-refractivity contribution in [3.05, 3.63) is 24.3 Å². The first-order valence-electron chi connectivity index (χ1n) is 14.8. The van der Waals surface area contributed by atoms with Crippen LogP contribution in [0.2, 0.25) is 0 Å². The molecule has 0 radical (unpaired) electrons. The summed E-state index contributed by atoms with van der Waals surface area (Å²) in [6.07, 6.45) is 20.6. The molecule has 0 amide bonds. The fourth-order valence-corrected chi connectivity index (χ4v) is 8.69. The fraction of sp³-hybridized carbons (Fsp3) is 0.844. The van der Waals surface area contributed by atoms with Crippen LogP contribution in [0, 0.1) is 34.5 Å². The van der Waals surface area contributed by atoms with Crippen molar-refractivity contribution in [2.24, 2.45) is 34.5 Å². The number of carboxylic acids is 1. The maximum absolute atomic E-state index is 10.7. The van der Waals surface area contributed by atoms with Gasteiger partial charge in [0.2, 0.25) is 0 Å². The number of carbonyl (C=O) groups is 1. The Morgan fingerprint density at radius 3 is 2.56 bits per heavy atom. The number of aliphatic hydroxyl groups is 1. The van der Waals surface area contributed by atoms with Crippen molar-refractivity contribution in [3.8, 4) is 0 Å². The molecule has 4 nitrogen and oxygen atoms in total. The molecule has 206 valence electrons. The van der Waals surface area contributed by atoms with Crippen LogP contribution < -0.4 is 0 Å². The molecule has 0 heterocycles. The molecule has 0 aromatic rings. The predicted molar refractivity (Wildman–Crippen MR) is 148 cm³/mol. The van der Waals surface area contributed by atoms with E-state index in [0.29, 0.717) is 23.4 Å².